The van der Waals surface area contributed by atoms with Crippen LogP contribution >= 0.6 is 15.9 Å². The van der Waals surface area contributed by atoms with Crippen molar-refractivity contribution >= 4 is 33.6 Å². The molecule has 0 aliphatic heterocycles. The molecule has 0 aromatic heterocycles. The molecule has 0 saturated carbocycles. The lowest BCUT2D eigenvalue weighted by atomic mass is 9.87. The number of rotatable bonds is 6. The molecule has 142 valence electrons. The number of ether oxygens (including phenoxy) is 1. The Hall–Kier alpha value is -2.47. The molecule has 0 fully saturated rings. The van der Waals surface area contributed by atoms with Gasteiger partial charge in [-0.15, -0.1) is 0 Å². The van der Waals surface area contributed by atoms with E-state index >= 15 is 0 Å². The lowest BCUT2D eigenvalue weighted by molar-refractivity contribution is -0.141. The van der Waals surface area contributed by atoms with E-state index in [1.54, 1.807) is 36.4 Å². The molecule has 0 unspecified atom stereocenters. The Morgan fingerprint density at radius 1 is 0.926 bits per heavy atom. The first-order valence-corrected chi connectivity index (χ1v) is 9.29. The summed E-state index contributed by atoms with van der Waals surface area (Å²) in [6.45, 7) is 5.61. The topological polar surface area (TPSA) is 72.5 Å². The maximum Gasteiger partial charge on any atom is 0.325 e. The third kappa shape index (κ3) is 6.32. The van der Waals surface area contributed by atoms with Gasteiger partial charge in [0.15, 0.2) is 12.4 Å². The van der Waals surface area contributed by atoms with E-state index in [-0.39, 0.29) is 30.3 Å². The number of Topliss-reactive ketones (excluding diaryl/α,β-unsaturated/α-hetero) is 1. The zero-order chi connectivity index (χ0) is 20.0. The molecule has 0 spiro atoms. The first-order valence-electron chi connectivity index (χ1n) is 8.50. The first kappa shape index (κ1) is 20.8. The maximum absolute atomic E-state index is 12.1. The molecule has 0 aliphatic rings. The van der Waals surface area contributed by atoms with E-state index in [4.69, 9.17) is 4.74 Å². The number of halogens is 1. The quantitative estimate of drug-likeness (QED) is 0.555. The Labute approximate surface area is 167 Å². The summed E-state index contributed by atoms with van der Waals surface area (Å²) in [7, 11) is 0. The van der Waals surface area contributed by atoms with Crippen LogP contribution in [0.1, 0.15) is 47.1 Å². The summed E-state index contributed by atoms with van der Waals surface area (Å²) in [5.41, 5.74) is 2.03. The van der Waals surface area contributed by atoms with Crippen molar-refractivity contribution in [3.63, 3.8) is 0 Å². The van der Waals surface area contributed by atoms with E-state index in [1.807, 2.05) is 12.1 Å². The van der Waals surface area contributed by atoms with Gasteiger partial charge in [0.05, 0.1) is 0 Å². The number of carbonyl (C=O) groups excluding carboxylic acids is 3. The van der Waals surface area contributed by atoms with Gasteiger partial charge >= 0.3 is 5.97 Å². The monoisotopic (exact) mass is 431 g/mol. The molecular weight excluding hydrogens is 410 g/mol. The van der Waals surface area contributed by atoms with Gasteiger partial charge in [-0.1, -0.05) is 61.0 Å². The minimum Gasteiger partial charge on any atom is -0.456 e. The van der Waals surface area contributed by atoms with Crippen LogP contribution in [0.3, 0.4) is 0 Å². The van der Waals surface area contributed by atoms with Crippen LogP contribution in [0.25, 0.3) is 0 Å². The van der Waals surface area contributed by atoms with Crippen molar-refractivity contribution in [1.29, 1.82) is 0 Å². The molecule has 6 heteroatoms. The van der Waals surface area contributed by atoms with Gasteiger partial charge < -0.3 is 10.1 Å². The van der Waals surface area contributed by atoms with Crippen LogP contribution < -0.4 is 5.32 Å². The van der Waals surface area contributed by atoms with Gasteiger partial charge in [0.1, 0.15) is 6.54 Å². The lowest BCUT2D eigenvalue weighted by Gasteiger charge is -2.19. The number of amides is 1. The van der Waals surface area contributed by atoms with Crippen LogP contribution in [0.5, 0.6) is 0 Å². The second-order valence-electron chi connectivity index (χ2n) is 7.10. The molecule has 5 nitrogen and oxygen atoms in total. The van der Waals surface area contributed by atoms with Crippen LogP contribution in [-0.2, 0) is 14.9 Å². The third-order valence-corrected chi connectivity index (χ3v) is 4.47. The van der Waals surface area contributed by atoms with Crippen molar-refractivity contribution in [3.8, 4) is 0 Å². The molecule has 2 aromatic rings. The van der Waals surface area contributed by atoms with E-state index in [9.17, 15) is 14.4 Å². The van der Waals surface area contributed by atoms with Crippen LogP contribution in [0.15, 0.2) is 53.0 Å². The Balaban J connectivity index is 1.80. The average molecular weight is 432 g/mol. The van der Waals surface area contributed by atoms with Crippen molar-refractivity contribution in [2.24, 2.45) is 0 Å². The second-order valence-corrected chi connectivity index (χ2v) is 8.02. The fraction of sp³-hybridized carbons (Fsp3) is 0.286. The Morgan fingerprint density at radius 3 is 2.04 bits per heavy atom. The van der Waals surface area contributed by atoms with Gasteiger partial charge in [-0.3, -0.25) is 14.4 Å². The summed E-state index contributed by atoms with van der Waals surface area (Å²) in [5, 5.41) is 2.50. The van der Waals surface area contributed by atoms with Gasteiger partial charge in [-0.2, -0.15) is 0 Å². The highest BCUT2D eigenvalue weighted by Crippen LogP contribution is 2.22. The number of nitrogens with one attached hydrogen (secondary N) is 1. The molecule has 0 radical (unpaired) electrons. The molecule has 0 heterocycles. The normalized spacial score (nSPS) is 11.0. The Morgan fingerprint density at radius 2 is 1.48 bits per heavy atom. The average Bonchev–Trinajstić information content (AvgIpc) is 2.64. The zero-order valence-corrected chi connectivity index (χ0v) is 17.1. The molecule has 2 aromatic carbocycles. The summed E-state index contributed by atoms with van der Waals surface area (Å²) in [5.74, 6) is -1.34. The lowest BCUT2D eigenvalue weighted by Crippen LogP contribution is -2.31. The molecular formula is C21H22BrNO4. The highest BCUT2D eigenvalue weighted by atomic mass is 79.9. The minimum absolute atomic E-state index is 0.000182. The van der Waals surface area contributed by atoms with Gasteiger partial charge in [0.25, 0.3) is 5.91 Å². The highest BCUT2D eigenvalue weighted by Gasteiger charge is 2.15. The zero-order valence-electron chi connectivity index (χ0n) is 15.5. The number of hydrogen-bond acceptors (Lipinski definition) is 4. The fourth-order valence-corrected chi connectivity index (χ4v) is 2.56. The standard InChI is InChI=1S/C21H22BrNO4/c1-21(2,3)16-8-4-15(5-9-16)20(26)23-12-19(25)27-13-18(24)14-6-10-17(22)11-7-14/h4-11H,12-13H2,1-3H3,(H,23,26). The third-order valence-electron chi connectivity index (χ3n) is 3.94. The largest absolute Gasteiger partial charge is 0.456 e. The number of benzene rings is 2. The number of hydrogen-bond donors (Lipinski definition) is 1. The molecule has 1 N–H and O–H groups in total. The van der Waals surface area contributed by atoms with E-state index < -0.39 is 5.97 Å². The van der Waals surface area contributed by atoms with Crippen molar-refractivity contribution in [3.05, 3.63) is 69.7 Å². The van der Waals surface area contributed by atoms with Gasteiger partial charge in [0, 0.05) is 15.6 Å². The van der Waals surface area contributed by atoms with Gasteiger partial charge in [-0.25, -0.2) is 0 Å². The Kier molecular flexibility index (Phi) is 6.91. The fourth-order valence-electron chi connectivity index (χ4n) is 2.29. The van der Waals surface area contributed by atoms with Crippen molar-refractivity contribution in [2.75, 3.05) is 13.2 Å². The molecule has 0 bridgehead atoms. The van der Waals surface area contributed by atoms with Gasteiger partial charge in [0.2, 0.25) is 0 Å². The minimum atomic E-state index is -0.667. The second kappa shape index (κ2) is 8.95. The summed E-state index contributed by atoms with van der Waals surface area (Å²) in [4.78, 5) is 35.8. The number of esters is 1. The van der Waals surface area contributed by atoms with Crippen molar-refractivity contribution in [1.82, 2.24) is 5.32 Å². The van der Waals surface area contributed by atoms with E-state index in [2.05, 4.69) is 42.0 Å². The molecule has 1 amide bonds. The predicted molar refractivity (Wildman–Crippen MR) is 107 cm³/mol. The van der Waals surface area contributed by atoms with E-state index in [0.29, 0.717) is 11.1 Å². The highest BCUT2D eigenvalue weighted by molar-refractivity contribution is 9.10. The van der Waals surface area contributed by atoms with Crippen molar-refractivity contribution in [2.45, 2.75) is 26.2 Å². The molecule has 0 aliphatic carbocycles. The van der Waals surface area contributed by atoms with E-state index in [0.717, 1.165) is 10.0 Å². The molecule has 0 saturated heterocycles. The SMILES string of the molecule is CC(C)(C)c1ccc(C(=O)NCC(=O)OCC(=O)c2ccc(Br)cc2)cc1. The predicted octanol–water partition coefficient (Wildman–Crippen LogP) is 3.90. The first-order chi connectivity index (χ1) is 12.7. The van der Waals surface area contributed by atoms with Crippen LogP contribution in [0.4, 0.5) is 0 Å². The summed E-state index contributed by atoms with van der Waals surface area (Å²) >= 11 is 3.29. The summed E-state index contributed by atoms with van der Waals surface area (Å²) < 4.78 is 5.78. The maximum atomic E-state index is 12.1. The number of carbonyl (C=O) groups is 3. The van der Waals surface area contributed by atoms with Crippen LogP contribution in [0, 0.1) is 0 Å². The molecule has 27 heavy (non-hydrogen) atoms. The number of ketones is 1. The summed E-state index contributed by atoms with van der Waals surface area (Å²) in [6, 6.07) is 14.0. The van der Waals surface area contributed by atoms with Gasteiger partial charge in [-0.05, 0) is 35.2 Å². The molecule has 2 rings (SSSR count). The summed E-state index contributed by atoms with van der Waals surface area (Å²) in [6.07, 6.45) is 0. The Bertz CT molecular complexity index is 821. The smallest absolute Gasteiger partial charge is 0.325 e. The van der Waals surface area contributed by atoms with Crippen LogP contribution in [-0.4, -0.2) is 30.8 Å². The molecule has 0 atom stereocenters. The van der Waals surface area contributed by atoms with Crippen molar-refractivity contribution < 1.29 is 19.1 Å². The van der Waals surface area contributed by atoms with E-state index in [1.165, 1.54) is 0 Å². The van der Waals surface area contributed by atoms with Crippen LogP contribution in [0.2, 0.25) is 0 Å².